The Labute approximate surface area is 120 Å². The predicted octanol–water partition coefficient (Wildman–Crippen LogP) is 0.675. The summed E-state index contributed by atoms with van der Waals surface area (Å²) in [5.74, 6) is -1.03. The smallest absolute Gasteiger partial charge is 0.314 e. The molecule has 1 saturated heterocycles. The normalized spacial score (nSPS) is 19.6. The van der Waals surface area contributed by atoms with Crippen molar-refractivity contribution in [2.45, 2.75) is 13.0 Å². The molecule has 1 aliphatic rings. The van der Waals surface area contributed by atoms with Crippen molar-refractivity contribution >= 4 is 51.8 Å². The quantitative estimate of drug-likeness (QED) is 0.604. The van der Waals surface area contributed by atoms with Crippen LogP contribution in [-0.2, 0) is 4.79 Å². The number of carbonyl (C=O) groups is 3. The molecule has 7 nitrogen and oxygen atoms in total. The van der Waals surface area contributed by atoms with Gasteiger partial charge in [-0.15, -0.1) is 11.3 Å². The van der Waals surface area contributed by atoms with Crippen molar-refractivity contribution in [2.75, 3.05) is 7.05 Å². The highest BCUT2D eigenvalue weighted by Gasteiger charge is 2.41. The summed E-state index contributed by atoms with van der Waals surface area (Å²) < 4.78 is 0.710. The lowest BCUT2D eigenvalue weighted by Crippen LogP contribution is -2.46. The Kier molecular flexibility index (Phi) is 3.52. The first-order chi connectivity index (χ1) is 8.41. The fourth-order valence-electron chi connectivity index (χ4n) is 1.39. The average molecular weight is 380 g/mol. The zero-order valence-corrected chi connectivity index (χ0v) is 12.5. The van der Waals surface area contributed by atoms with Crippen LogP contribution in [0.25, 0.3) is 0 Å². The van der Waals surface area contributed by atoms with Gasteiger partial charge in [0.1, 0.15) is 11.7 Å². The lowest BCUT2D eigenvalue weighted by molar-refractivity contribution is -0.129. The van der Waals surface area contributed by atoms with Crippen LogP contribution in [0.4, 0.5) is 4.79 Å². The van der Waals surface area contributed by atoms with E-state index in [9.17, 15) is 14.4 Å². The first-order valence-corrected chi connectivity index (χ1v) is 6.90. The number of thiazole rings is 1. The number of nitrogens with one attached hydrogen (secondary N) is 1. The van der Waals surface area contributed by atoms with E-state index in [2.05, 4.69) is 10.4 Å². The van der Waals surface area contributed by atoms with Crippen LogP contribution in [0, 0.1) is 3.01 Å². The van der Waals surface area contributed by atoms with Gasteiger partial charge in [-0.1, -0.05) is 0 Å². The van der Waals surface area contributed by atoms with Gasteiger partial charge in [0.2, 0.25) is 0 Å². The Morgan fingerprint density at radius 1 is 1.56 bits per heavy atom. The van der Waals surface area contributed by atoms with Crippen LogP contribution in [0.5, 0.6) is 0 Å². The molecule has 2 heterocycles. The third-order valence-corrected chi connectivity index (χ3v) is 4.20. The van der Waals surface area contributed by atoms with Gasteiger partial charge < -0.3 is 4.90 Å². The minimum Gasteiger partial charge on any atom is -0.314 e. The monoisotopic (exact) mass is 380 g/mol. The maximum atomic E-state index is 11.8. The molecule has 1 N–H and O–H groups in total. The molecule has 1 fully saturated rings. The van der Waals surface area contributed by atoms with Gasteiger partial charge in [-0.05, 0) is 29.5 Å². The second kappa shape index (κ2) is 4.80. The van der Waals surface area contributed by atoms with Crippen LogP contribution in [0.1, 0.15) is 17.4 Å². The maximum Gasteiger partial charge on any atom is 0.346 e. The third-order valence-electron chi connectivity index (χ3n) is 2.57. The Hall–Kier alpha value is -1.23. The number of rotatable bonds is 2. The molecule has 0 spiro atoms. The van der Waals surface area contributed by atoms with Gasteiger partial charge in [0, 0.05) is 12.4 Å². The topological polar surface area (TPSA) is 82.6 Å². The van der Waals surface area contributed by atoms with Gasteiger partial charge in [-0.2, -0.15) is 5.01 Å². The molecule has 1 aliphatic heterocycles. The molecule has 1 aromatic heterocycles. The molecule has 0 aliphatic carbocycles. The lowest BCUT2D eigenvalue weighted by atomic mass is 10.3. The summed E-state index contributed by atoms with van der Waals surface area (Å²) in [6.45, 7) is 1.60. The van der Waals surface area contributed by atoms with Crippen LogP contribution in [0.3, 0.4) is 0 Å². The van der Waals surface area contributed by atoms with Crippen molar-refractivity contribution in [1.82, 2.24) is 20.3 Å². The summed E-state index contributed by atoms with van der Waals surface area (Å²) in [6.07, 6.45) is 0. The van der Waals surface area contributed by atoms with Crippen molar-refractivity contribution in [2.24, 2.45) is 0 Å². The van der Waals surface area contributed by atoms with Crippen molar-refractivity contribution in [3.8, 4) is 0 Å². The van der Waals surface area contributed by atoms with E-state index in [0.717, 1.165) is 5.01 Å². The summed E-state index contributed by atoms with van der Waals surface area (Å²) >= 11 is 3.29. The zero-order chi connectivity index (χ0) is 13.4. The fraction of sp³-hybridized carbons (Fsp3) is 0.333. The molecule has 96 valence electrons. The summed E-state index contributed by atoms with van der Waals surface area (Å²) in [5, 5.41) is 2.29. The molecule has 0 saturated carbocycles. The van der Waals surface area contributed by atoms with Crippen LogP contribution >= 0.6 is 33.9 Å². The molecular formula is C9H9IN4O3S. The molecule has 0 bridgehead atoms. The first kappa shape index (κ1) is 13.2. The highest BCUT2D eigenvalue weighted by Crippen LogP contribution is 2.15. The average Bonchev–Trinajstić information content (AvgIpc) is 2.84. The minimum atomic E-state index is -0.576. The molecule has 1 unspecified atom stereocenters. The van der Waals surface area contributed by atoms with E-state index in [-0.39, 0.29) is 5.69 Å². The van der Waals surface area contributed by atoms with Gasteiger partial charge in [-0.25, -0.2) is 9.78 Å². The van der Waals surface area contributed by atoms with Crippen molar-refractivity contribution < 1.29 is 14.4 Å². The second-order valence-corrected chi connectivity index (χ2v) is 6.28. The van der Waals surface area contributed by atoms with E-state index in [4.69, 9.17) is 0 Å². The number of hydrazine groups is 1. The van der Waals surface area contributed by atoms with E-state index in [1.54, 1.807) is 12.3 Å². The van der Waals surface area contributed by atoms with Gasteiger partial charge in [0.25, 0.3) is 11.8 Å². The van der Waals surface area contributed by atoms with E-state index >= 15 is 0 Å². The molecule has 0 aromatic carbocycles. The van der Waals surface area contributed by atoms with Crippen molar-refractivity contribution in [1.29, 1.82) is 0 Å². The lowest BCUT2D eigenvalue weighted by Gasteiger charge is -2.13. The summed E-state index contributed by atoms with van der Waals surface area (Å²) in [6, 6.07) is -1.13. The minimum absolute atomic E-state index is 0.187. The number of amides is 4. The van der Waals surface area contributed by atoms with Gasteiger partial charge in [0.05, 0.1) is 0 Å². The van der Waals surface area contributed by atoms with Gasteiger partial charge in [-0.3, -0.25) is 15.0 Å². The molecular weight excluding hydrogens is 371 g/mol. The Morgan fingerprint density at radius 3 is 2.67 bits per heavy atom. The number of hydrogen-bond acceptors (Lipinski definition) is 5. The molecule has 1 aromatic rings. The zero-order valence-electron chi connectivity index (χ0n) is 9.51. The standard InChI is InChI=1S/C9H9IN4O3S/c1-4-7(16)14(9(17)13(4)2)12-6(15)5-3-18-8(10)11-5/h3-4H,1-2H3,(H,12,15). The van der Waals surface area contributed by atoms with Crippen LogP contribution in [0.2, 0.25) is 0 Å². The van der Waals surface area contributed by atoms with Crippen LogP contribution in [-0.4, -0.2) is 45.8 Å². The van der Waals surface area contributed by atoms with E-state index in [1.807, 2.05) is 22.6 Å². The molecule has 0 radical (unpaired) electrons. The maximum absolute atomic E-state index is 11.8. The molecule has 1 atom stereocenters. The second-order valence-electron chi connectivity index (χ2n) is 3.67. The summed E-state index contributed by atoms with van der Waals surface area (Å²) in [7, 11) is 1.50. The number of nitrogens with zero attached hydrogens (tertiary/aromatic N) is 3. The number of imide groups is 1. The van der Waals surface area contributed by atoms with Crippen molar-refractivity contribution in [3.05, 3.63) is 14.1 Å². The molecule has 18 heavy (non-hydrogen) atoms. The number of carbonyl (C=O) groups excluding carboxylic acids is 3. The largest absolute Gasteiger partial charge is 0.346 e. The molecule has 4 amide bonds. The predicted molar refractivity (Wildman–Crippen MR) is 71.8 cm³/mol. The third kappa shape index (κ3) is 2.19. The van der Waals surface area contributed by atoms with E-state index < -0.39 is 23.9 Å². The Bertz CT molecular complexity index is 512. The number of aromatic nitrogens is 1. The number of urea groups is 1. The molecule has 9 heteroatoms. The summed E-state index contributed by atoms with van der Waals surface area (Å²) in [4.78, 5) is 40.4. The van der Waals surface area contributed by atoms with Crippen molar-refractivity contribution in [3.63, 3.8) is 0 Å². The highest BCUT2D eigenvalue weighted by atomic mass is 127. The van der Waals surface area contributed by atoms with Crippen LogP contribution in [0.15, 0.2) is 5.38 Å². The SMILES string of the molecule is CC1C(=O)N(NC(=O)c2csc(I)n2)C(=O)N1C. The number of halogens is 1. The highest BCUT2D eigenvalue weighted by molar-refractivity contribution is 14.1. The molecule has 2 rings (SSSR count). The van der Waals surface area contributed by atoms with Gasteiger partial charge in [0.15, 0.2) is 3.01 Å². The van der Waals surface area contributed by atoms with Crippen LogP contribution < -0.4 is 5.43 Å². The fourth-order valence-corrected chi connectivity index (χ4v) is 2.55. The Balaban J connectivity index is 2.13. The summed E-state index contributed by atoms with van der Waals surface area (Å²) in [5.41, 5.74) is 2.45. The van der Waals surface area contributed by atoms with E-state index in [1.165, 1.54) is 23.3 Å². The number of hydrogen-bond donors (Lipinski definition) is 1. The van der Waals surface area contributed by atoms with E-state index in [0.29, 0.717) is 3.01 Å². The van der Waals surface area contributed by atoms with Gasteiger partial charge >= 0.3 is 6.03 Å². The number of likely N-dealkylation sites (N-methyl/N-ethyl adjacent to an activating group) is 1. The Morgan fingerprint density at radius 2 is 2.22 bits per heavy atom. The first-order valence-electron chi connectivity index (χ1n) is 4.94.